The number of carbonyl (C=O) groups excluding carboxylic acids is 1. The SMILES string of the molecule is CC/C=C\C/C=C\C/C=C\C/C=C\C/C=C\C/C=C\C/C=C\C/C=C\CCCCC(=O)NC(COC1OC(CO)C(OC2OC(CO)C(OC3OC(CO)C(O)C(O)C3O)C(O)C2O)C(O)C1O)C(O)CCCCCCCCCCCCCCCCCCC. The summed E-state index contributed by atoms with van der Waals surface area (Å²) < 4.78 is 34.4. The van der Waals surface area contributed by atoms with Gasteiger partial charge in [-0.3, -0.25) is 4.79 Å². The van der Waals surface area contributed by atoms with Crippen LogP contribution in [0, 0.1) is 0 Å². The maximum absolute atomic E-state index is 13.4. The fourth-order valence-corrected chi connectivity index (χ4v) is 10.9. The van der Waals surface area contributed by atoms with Crippen molar-refractivity contribution in [2.24, 2.45) is 0 Å². The van der Waals surface area contributed by atoms with Gasteiger partial charge in [-0.1, -0.05) is 220 Å². The molecule has 3 aliphatic rings. The zero-order valence-electron chi connectivity index (χ0n) is 53.9. The van der Waals surface area contributed by atoms with Gasteiger partial charge in [-0.25, -0.2) is 0 Å². The van der Waals surface area contributed by atoms with E-state index in [-0.39, 0.29) is 18.9 Å². The number of aliphatic hydroxyl groups excluding tert-OH is 11. The molecule has 17 unspecified atom stereocenters. The number of hydrogen-bond acceptors (Lipinski definition) is 18. The summed E-state index contributed by atoms with van der Waals surface area (Å²) in [6, 6.07) is -0.918. The molecule has 3 aliphatic heterocycles. The molecule has 0 saturated carbocycles. The minimum absolute atomic E-state index is 0.205. The van der Waals surface area contributed by atoms with E-state index in [0.29, 0.717) is 19.3 Å². The third-order valence-corrected chi connectivity index (χ3v) is 16.4. The van der Waals surface area contributed by atoms with Gasteiger partial charge in [0, 0.05) is 6.42 Å². The molecule has 17 atom stereocenters. The van der Waals surface area contributed by atoms with E-state index in [1.54, 1.807) is 0 Å². The van der Waals surface area contributed by atoms with Gasteiger partial charge in [0.15, 0.2) is 18.9 Å². The lowest BCUT2D eigenvalue weighted by atomic mass is 9.96. The highest BCUT2D eigenvalue weighted by atomic mass is 16.8. The van der Waals surface area contributed by atoms with Crippen LogP contribution in [0.25, 0.3) is 0 Å². The van der Waals surface area contributed by atoms with Gasteiger partial charge in [0.25, 0.3) is 0 Å². The average molecular weight is 1260 g/mol. The Labute approximate surface area is 533 Å². The van der Waals surface area contributed by atoms with Crippen LogP contribution in [0.3, 0.4) is 0 Å². The Morgan fingerprint density at radius 3 is 1.19 bits per heavy atom. The quantitative estimate of drug-likeness (QED) is 0.0201. The van der Waals surface area contributed by atoms with E-state index in [0.717, 1.165) is 83.5 Å². The van der Waals surface area contributed by atoms with E-state index in [1.165, 1.54) is 83.5 Å². The Morgan fingerprint density at radius 1 is 0.416 bits per heavy atom. The average Bonchev–Trinajstić information content (AvgIpc) is 2.46. The van der Waals surface area contributed by atoms with Gasteiger partial charge in [-0.05, 0) is 77.0 Å². The van der Waals surface area contributed by atoms with Gasteiger partial charge in [0.1, 0.15) is 73.2 Å². The number of hydrogen-bond donors (Lipinski definition) is 12. The predicted octanol–water partition coefficient (Wildman–Crippen LogP) is 8.49. The highest BCUT2D eigenvalue weighted by Gasteiger charge is 2.53. The first-order valence-corrected chi connectivity index (χ1v) is 34.0. The number of ether oxygens (including phenoxy) is 6. The Hall–Kier alpha value is -3.29. The summed E-state index contributed by atoms with van der Waals surface area (Å²) in [5.74, 6) is -0.288. The fraction of sp³-hybridized carbons (Fsp3) is 0.757. The summed E-state index contributed by atoms with van der Waals surface area (Å²) in [5.41, 5.74) is 0. The molecule has 3 saturated heterocycles. The second-order valence-corrected chi connectivity index (χ2v) is 23.9. The smallest absolute Gasteiger partial charge is 0.220 e. The van der Waals surface area contributed by atoms with Crippen molar-refractivity contribution < 1.29 is 89.4 Å². The van der Waals surface area contributed by atoms with Crippen molar-refractivity contribution in [3.8, 4) is 0 Å². The molecule has 0 aromatic rings. The van der Waals surface area contributed by atoms with E-state index in [2.05, 4.69) is 116 Å². The molecule has 512 valence electrons. The largest absolute Gasteiger partial charge is 0.394 e. The molecule has 0 aromatic heterocycles. The second-order valence-electron chi connectivity index (χ2n) is 23.9. The topological polar surface area (TPSA) is 307 Å². The monoisotopic (exact) mass is 1260 g/mol. The second kappa shape index (κ2) is 51.2. The highest BCUT2D eigenvalue weighted by Crippen LogP contribution is 2.33. The van der Waals surface area contributed by atoms with Gasteiger partial charge < -0.3 is 89.9 Å². The first-order chi connectivity index (χ1) is 43.3. The van der Waals surface area contributed by atoms with Gasteiger partial charge >= 0.3 is 0 Å². The lowest BCUT2D eigenvalue weighted by Crippen LogP contribution is -2.66. The summed E-state index contributed by atoms with van der Waals surface area (Å²) >= 11 is 0. The van der Waals surface area contributed by atoms with Crippen LogP contribution < -0.4 is 5.32 Å². The molecular weight excluding hydrogens is 1140 g/mol. The lowest BCUT2D eigenvalue weighted by molar-refractivity contribution is -0.379. The Morgan fingerprint density at radius 2 is 0.775 bits per heavy atom. The number of allylic oxidation sites excluding steroid dienone is 16. The van der Waals surface area contributed by atoms with Crippen molar-refractivity contribution in [2.45, 2.75) is 311 Å². The number of carbonyl (C=O) groups is 1. The molecule has 0 spiro atoms. The minimum atomic E-state index is -1.98. The highest BCUT2D eigenvalue weighted by molar-refractivity contribution is 5.76. The molecule has 3 rings (SSSR count). The minimum Gasteiger partial charge on any atom is -0.394 e. The number of amides is 1. The van der Waals surface area contributed by atoms with Crippen molar-refractivity contribution >= 4 is 5.91 Å². The van der Waals surface area contributed by atoms with E-state index in [4.69, 9.17) is 28.4 Å². The van der Waals surface area contributed by atoms with Crippen LogP contribution in [0.2, 0.25) is 0 Å². The zero-order valence-corrected chi connectivity index (χ0v) is 53.9. The van der Waals surface area contributed by atoms with Crippen LogP contribution in [0.5, 0.6) is 0 Å². The van der Waals surface area contributed by atoms with Crippen molar-refractivity contribution in [3.63, 3.8) is 0 Å². The van der Waals surface area contributed by atoms with Crippen LogP contribution >= 0.6 is 0 Å². The zero-order chi connectivity index (χ0) is 64.7. The van der Waals surface area contributed by atoms with Crippen molar-refractivity contribution in [3.05, 3.63) is 97.2 Å². The first-order valence-electron chi connectivity index (χ1n) is 34.0. The van der Waals surface area contributed by atoms with E-state index in [1.807, 2.05) is 0 Å². The van der Waals surface area contributed by atoms with Crippen molar-refractivity contribution in [2.75, 3.05) is 26.4 Å². The molecule has 19 heteroatoms. The number of nitrogens with one attached hydrogen (secondary N) is 1. The van der Waals surface area contributed by atoms with Gasteiger partial charge in [-0.15, -0.1) is 0 Å². The molecule has 1 amide bonds. The number of unbranched alkanes of at least 4 members (excludes halogenated alkanes) is 18. The molecule has 0 radical (unpaired) electrons. The number of rotatable bonds is 50. The number of aliphatic hydroxyl groups is 11. The van der Waals surface area contributed by atoms with Crippen LogP contribution in [-0.4, -0.2) is 193 Å². The maximum Gasteiger partial charge on any atom is 0.220 e. The molecule has 89 heavy (non-hydrogen) atoms. The van der Waals surface area contributed by atoms with E-state index >= 15 is 0 Å². The summed E-state index contributed by atoms with van der Waals surface area (Å²) in [7, 11) is 0. The Bertz CT molecular complexity index is 1990. The molecule has 0 aliphatic carbocycles. The summed E-state index contributed by atoms with van der Waals surface area (Å²) in [4.78, 5) is 13.4. The van der Waals surface area contributed by atoms with E-state index in [9.17, 15) is 61.0 Å². The summed E-state index contributed by atoms with van der Waals surface area (Å²) in [6.07, 6.45) is 39.1. The van der Waals surface area contributed by atoms with Crippen LogP contribution in [0.4, 0.5) is 0 Å². The molecule has 0 aromatic carbocycles. The van der Waals surface area contributed by atoms with Crippen molar-refractivity contribution in [1.82, 2.24) is 5.32 Å². The third kappa shape index (κ3) is 33.4. The van der Waals surface area contributed by atoms with Crippen LogP contribution in [-0.2, 0) is 33.2 Å². The molecule has 3 heterocycles. The Balaban J connectivity index is 1.46. The predicted molar refractivity (Wildman–Crippen MR) is 346 cm³/mol. The normalized spacial score (nSPS) is 28.8. The van der Waals surface area contributed by atoms with Crippen molar-refractivity contribution in [1.29, 1.82) is 0 Å². The molecule has 12 N–H and O–H groups in total. The van der Waals surface area contributed by atoms with E-state index < -0.39 is 124 Å². The maximum atomic E-state index is 13.4. The van der Waals surface area contributed by atoms with Crippen LogP contribution in [0.15, 0.2) is 97.2 Å². The standard InChI is InChI=1S/C70H119NO18/c1-3-5-7-9-11-13-15-17-19-21-22-23-24-25-26-27-28-29-30-32-34-36-38-40-42-44-46-48-58(76)71-53(54(75)47-45-43-41-39-37-35-33-31-20-18-16-14-12-10-8-6-4-2)52-84-68-64(82)61(79)66(56(50-73)86-68)89-70-65(83)62(80)67(57(51-74)87-70)88-69-63(81)60(78)59(77)55(49-72)85-69/h5,7,11,13,17,19,22-23,25-26,28-29,32,34,38,40,53-57,59-70,72-75,77-83H,3-4,6,8-10,12,14-16,18,20-21,24,27,30-31,33,35-37,39,41-52H2,1-2H3,(H,71,76)/b7-5-,13-11-,19-17-,23-22-,26-25-,29-28-,34-32-,40-38-. The molecule has 19 nitrogen and oxygen atoms in total. The Kier molecular flexibility index (Phi) is 46.0. The third-order valence-electron chi connectivity index (χ3n) is 16.4. The molecule has 3 fully saturated rings. The van der Waals surface area contributed by atoms with Gasteiger partial charge in [-0.2, -0.15) is 0 Å². The summed E-state index contributed by atoms with van der Waals surface area (Å²) in [5, 5.41) is 121. The van der Waals surface area contributed by atoms with Gasteiger partial charge in [0.2, 0.25) is 5.91 Å². The first kappa shape index (κ1) is 79.9. The molecule has 0 bridgehead atoms. The van der Waals surface area contributed by atoms with Crippen LogP contribution in [0.1, 0.15) is 206 Å². The summed E-state index contributed by atoms with van der Waals surface area (Å²) in [6.45, 7) is 1.64. The molecular formula is C70H119NO18. The van der Waals surface area contributed by atoms with Gasteiger partial charge in [0.05, 0.1) is 38.6 Å². The lowest BCUT2D eigenvalue weighted by Gasteiger charge is -2.48. The fourth-order valence-electron chi connectivity index (χ4n) is 10.9.